The van der Waals surface area contributed by atoms with Gasteiger partial charge < -0.3 is 4.90 Å². The van der Waals surface area contributed by atoms with Gasteiger partial charge in [-0.05, 0) is 94.0 Å². The molecule has 0 bridgehead atoms. The fraction of sp³-hybridized carbons (Fsp3) is 0. The number of thiophene rings is 1. The summed E-state index contributed by atoms with van der Waals surface area (Å²) in [6.45, 7) is 0. The maximum Gasteiger partial charge on any atom is 0.131 e. The topological polar surface area (TPSA) is 13.1 Å². The first kappa shape index (κ1) is 34.9. The van der Waals surface area contributed by atoms with Gasteiger partial charge in [0.1, 0.15) is 5.65 Å². The van der Waals surface area contributed by atoms with E-state index in [9.17, 15) is 0 Å². The lowest BCUT2D eigenvalue weighted by Gasteiger charge is -2.26. The molecule has 0 N–H and O–H groups in total. The van der Waals surface area contributed by atoms with E-state index in [1.54, 1.807) is 0 Å². The second-order valence-electron chi connectivity index (χ2n) is 16.1. The summed E-state index contributed by atoms with van der Waals surface area (Å²) in [5.41, 5.74) is 11.6. The molecule has 0 aliphatic rings. The average Bonchev–Trinajstić information content (AvgIpc) is 4.00. The zero-order valence-electron chi connectivity index (χ0n) is 33.6. The maximum atomic E-state index is 2.48. The molecule has 0 radical (unpaired) electrons. The molecule has 0 amide bonds. The van der Waals surface area contributed by atoms with E-state index in [-0.39, 0.29) is 0 Å². The minimum atomic E-state index is 1.10. The first-order valence-corrected chi connectivity index (χ1v) is 22.0. The van der Waals surface area contributed by atoms with Crippen LogP contribution in [0.25, 0.3) is 97.1 Å². The van der Waals surface area contributed by atoms with E-state index in [4.69, 9.17) is 0 Å². The highest BCUT2D eigenvalue weighted by Gasteiger charge is 2.24. The lowest BCUT2D eigenvalue weighted by molar-refractivity contribution is 1.07. The standard InChI is InChI=1S/C58H37N3S/c1-3-18-44-38(14-1)16-11-23-45(44)40-30-32-41(33-31-40)59(54-28-13-24-48-47-20-7-10-29-55(47)62-57(48)54)42-34-36-43(37-35-42)60-52-25-8-5-21-49(52)56-50-22-6-9-26-53(50)61(58(56)60)51-27-12-17-39-15-2-4-19-46(39)51/h1-37H. The van der Waals surface area contributed by atoms with Crippen molar-refractivity contribution in [1.29, 1.82) is 0 Å². The smallest absolute Gasteiger partial charge is 0.131 e. The summed E-state index contributed by atoms with van der Waals surface area (Å²) in [6.07, 6.45) is 0. The van der Waals surface area contributed by atoms with Crippen molar-refractivity contribution in [2.45, 2.75) is 0 Å². The second kappa shape index (κ2) is 13.8. The predicted molar refractivity (Wildman–Crippen MR) is 266 cm³/mol. The van der Waals surface area contributed by atoms with E-state index in [0.29, 0.717) is 0 Å². The minimum Gasteiger partial charge on any atom is -0.309 e. The fourth-order valence-corrected chi connectivity index (χ4v) is 11.2. The molecule has 0 saturated carbocycles. The normalized spacial score (nSPS) is 11.9. The molecule has 13 aromatic rings. The fourth-order valence-electron chi connectivity index (χ4n) is 9.96. The summed E-state index contributed by atoms with van der Waals surface area (Å²) in [4.78, 5) is 2.44. The summed E-state index contributed by atoms with van der Waals surface area (Å²) in [6, 6.07) is 82.1. The average molecular weight is 808 g/mol. The van der Waals surface area contributed by atoms with Crippen molar-refractivity contribution in [2.75, 3.05) is 4.90 Å². The zero-order chi connectivity index (χ0) is 40.7. The Morgan fingerprint density at radius 2 is 0.903 bits per heavy atom. The van der Waals surface area contributed by atoms with Crippen LogP contribution in [0.3, 0.4) is 0 Å². The monoisotopic (exact) mass is 807 g/mol. The molecular weight excluding hydrogens is 771 g/mol. The Bertz CT molecular complexity index is 3860. The zero-order valence-corrected chi connectivity index (χ0v) is 34.4. The van der Waals surface area contributed by atoms with Crippen molar-refractivity contribution in [3.8, 4) is 22.5 Å². The van der Waals surface area contributed by atoms with Gasteiger partial charge in [-0.2, -0.15) is 0 Å². The van der Waals surface area contributed by atoms with Gasteiger partial charge >= 0.3 is 0 Å². The number of fused-ring (bicyclic) bond motifs is 10. The molecule has 290 valence electrons. The summed E-state index contributed by atoms with van der Waals surface area (Å²) in [7, 11) is 0. The molecule has 10 aromatic carbocycles. The largest absolute Gasteiger partial charge is 0.309 e. The molecule has 13 rings (SSSR count). The Balaban J connectivity index is 1.02. The van der Waals surface area contributed by atoms with Crippen LogP contribution in [0.1, 0.15) is 0 Å². The quantitative estimate of drug-likeness (QED) is 0.163. The highest BCUT2D eigenvalue weighted by Crippen LogP contribution is 2.46. The van der Waals surface area contributed by atoms with Gasteiger partial charge in [0.05, 0.1) is 27.1 Å². The second-order valence-corrected chi connectivity index (χ2v) is 17.1. The van der Waals surface area contributed by atoms with Gasteiger partial charge in [0.25, 0.3) is 0 Å². The molecule has 0 unspecified atom stereocenters. The number of nitrogens with zero attached hydrogens (tertiary/aromatic N) is 3. The van der Waals surface area contributed by atoms with Crippen LogP contribution < -0.4 is 4.90 Å². The van der Waals surface area contributed by atoms with Crippen molar-refractivity contribution in [3.05, 3.63) is 224 Å². The van der Waals surface area contributed by atoms with Crippen LogP contribution >= 0.6 is 11.3 Å². The number of anilines is 3. The third-order valence-corrected chi connectivity index (χ3v) is 13.9. The summed E-state index contributed by atoms with van der Waals surface area (Å²) in [5, 5.41) is 11.3. The van der Waals surface area contributed by atoms with Crippen LogP contribution in [0, 0.1) is 0 Å². The highest BCUT2D eigenvalue weighted by atomic mass is 32.1. The first-order chi connectivity index (χ1) is 30.8. The van der Waals surface area contributed by atoms with Crippen molar-refractivity contribution >= 4 is 103 Å². The Morgan fingerprint density at radius 3 is 1.65 bits per heavy atom. The van der Waals surface area contributed by atoms with Crippen LogP contribution in [-0.2, 0) is 0 Å². The van der Waals surface area contributed by atoms with Crippen molar-refractivity contribution in [2.24, 2.45) is 0 Å². The van der Waals surface area contributed by atoms with Gasteiger partial charge in [-0.25, -0.2) is 0 Å². The molecule has 3 nitrogen and oxygen atoms in total. The summed E-state index contributed by atoms with van der Waals surface area (Å²) in [5.74, 6) is 0. The number of aromatic nitrogens is 2. The van der Waals surface area contributed by atoms with Crippen LogP contribution in [0.2, 0.25) is 0 Å². The Kier molecular flexibility index (Phi) is 7.78. The van der Waals surface area contributed by atoms with Gasteiger partial charge in [0.15, 0.2) is 0 Å². The van der Waals surface area contributed by atoms with E-state index >= 15 is 0 Å². The number of rotatable bonds is 6. The molecule has 3 aromatic heterocycles. The SMILES string of the molecule is c1ccc2c(-c3ccc(N(c4ccc(-n5c6ccccc6c6c7ccccc7n(-c7cccc8ccccc78)c65)cc4)c4cccc5c4sc4ccccc45)cc3)cccc2c1. The van der Waals surface area contributed by atoms with E-state index in [1.165, 1.54) is 91.4 Å². The molecule has 0 atom stereocenters. The molecular formula is C58H37N3S. The highest BCUT2D eigenvalue weighted by molar-refractivity contribution is 7.26. The van der Waals surface area contributed by atoms with Crippen molar-refractivity contribution in [1.82, 2.24) is 9.13 Å². The van der Waals surface area contributed by atoms with E-state index < -0.39 is 0 Å². The van der Waals surface area contributed by atoms with Gasteiger partial charge in [0, 0.05) is 54.1 Å². The number of benzene rings is 10. The molecule has 0 aliphatic carbocycles. The number of para-hydroxylation sites is 2. The van der Waals surface area contributed by atoms with Crippen LogP contribution in [0.15, 0.2) is 224 Å². The summed E-state index contributed by atoms with van der Waals surface area (Å²) < 4.78 is 7.51. The molecule has 0 aliphatic heterocycles. The van der Waals surface area contributed by atoms with Crippen LogP contribution in [-0.4, -0.2) is 9.13 Å². The van der Waals surface area contributed by atoms with E-state index in [1.807, 2.05) is 11.3 Å². The molecule has 3 heterocycles. The molecule has 0 spiro atoms. The third kappa shape index (κ3) is 5.24. The molecule has 4 heteroatoms. The van der Waals surface area contributed by atoms with E-state index in [0.717, 1.165) is 22.7 Å². The van der Waals surface area contributed by atoms with Gasteiger partial charge in [-0.15, -0.1) is 11.3 Å². The van der Waals surface area contributed by atoms with Crippen molar-refractivity contribution in [3.63, 3.8) is 0 Å². The number of hydrogen-bond donors (Lipinski definition) is 0. The van der Waals surface area contributed by atoms with Gasteiger partial charge in [0.2, 0.25) is 0 Å². The van der Waals surface area contributed by atoms with Gasteiger partial charge in [-0.3, -0.25) is 9.13 Å². The van der Waals surface area contributed by atoms with Crippen LogP contribution in [0.5, 0.6) is 0 Å². The lowest BCUT2D eigenvalue weighted by Crippen LogP contribution is -2.10. The Hall–Kier alpha value is -7.92. The number of hydrogen-bond acceptors (Lipinski definition) is 2. The lowest BCUT2D eigenvalue weighted by atomic mass is 9.98. The first-order valence-electron chi connectivity index (χ1n) is 21.2. The molecule has 0 fully saturated rings. The Labute approximate surface area is 362 Å². The van der Waals surface area contributed by atoms with Crippen LogP contribution in [0.4, 0.5) is 17.1 Å². The predicted octanol–water partition coefficient (Wildman–Crippen LogP) is 16.5. The minimum absolute atomic E-state index is 1.10. The van der Waals surface area contributed by atoms with Crippen molar-refractivity contribution < 1.29 is 0 Å². The maximum absolute atomic E-state index is 2.48. The summed E-state index contributed by atoms with van der Waals surface area (Å²) >= 11 is 1.86. The molecule has 0 saturated heterocycles. The van der Waals surface area contributed by atoms with Gasteiger partial charge in [-0.1, -0.05) is 158 Å². The molecule has 62 heavy (non-hydrogen) atoms. The third-order valence-electron chi connectivity index (χ3n) is 12.7. The van der Waals surface area contributed by atoms with E-state index in [2.05, 4.69) is 238 Å². The Morgan fingerprint density at radius 1 is 0.371 bits per heavy atom.